The number of hydrogen-bond acceptors (Lipinski definition) is 5. The zero-order chi connectivity index (χ0) is 26.7. The predicted molar refractivity (Wildman–Crippen MR) is 146 cm³/mol. The van der Waals surface area contributed by atoms with Crippen LogP contribution >= 0.6 is 11.6 Å². The summed E-state index contributed by atoms with van der Waals surface area (Å²) in [5, 5.41) is 9.47. The monoisotopic (exact) mass is 551 g/mol. The van der Waals surface area contributed by atoms with Crippen molar-refractivity contribution in [3.05, 3.63) is 39.7 Å². The molecule has 1 spiro atoms. The molecule has 2 aromatic rings. The molecule has 7 rings (SSSR count). The molecular weight excluding hydrogens is 514 g/mol. The third kappa shape index (κ3) is 4.52. The van der Waals surface area contributed by atoms with Gasteiger partial charge in [0.1, 0.15) is 18.1 Å². The Morgan fingerprint density at radius 3 is 2.79 bits per heavy atom. The first kappa shape index (κ1) is 25.4. The first-order valence-corrected chi connectivity index (χ1v) is 15.2. The van der Waals surface area contributed by atoms with Crippen LogP contribution < -0.4 is 4.74 Å². The number of rotatable bonds is 6. The highest BCUT2D eigenvalue weighted by atomic mass is 35.5. The summed E-state index contributed by atoms with van der Waals surface area (Å²) in [5.74, 6) is 1.60. The number of nitrogens with zero attached hydrogens (tertiary/aromatic N) is 5. The molecule has 208 valence electrons. The van der Waals surface area contributed by atoms with Crippen molar-refractivity contribution in [3.63, 3.8) is 0 Å². The Labute approximate surface area is 235 Å². The molecule has 9 heteroatoms. The molecule has 0 unspecified atom stereocenters. The second kappa shape index (κ2) is 9.79. The minimum absolute atomic E-state index is 0.0461. The SMILES string of the molecule is C[C@H]1CCC[C@H]1C(=O)N1CCc2c(Cl)ccc(OCc3nnn4c3CCCC4)c2[C@H]1CN1CC2(CC2)CC1=O. The third-order valence-corrected chi connectivity index (χ3v) is 10.5. The summed E-state index contributed by atoms with van der Waals surface area (Å²) in [7, 11) is 0. The van der Waals surface area contributed by atoms with E-state index in [1.54, 1.807) is 0 Å². The lowest BCUT2D eigenvalue weighted by Crippen LogP contribution is -2.48. The summed E-state index contributed by atoms with van der Waals surface area (Å²) in [6.45, 7) is 5.35. The number of hydrogen-bond donors (Lipinski definition) is 0. The van der Waals surface area contributed by atoms with Gasteiger partial charge in [0.05, 0.1) is 11.7 Å². The van der Waals surface area contributed by atoms with E-state index in [1.807, 2.05) is 21.7 Å². The lowest BCUT2D eigenvalue weighted by molar-refractivity contribution is -0.141. The van der Waals surface area contributed by atoms with Gasteiger partial charge in [-0.1, -0.05) is 30.2 Å². The van der Waals surface area contributed by atoms with Gasteiger partial charge in [0.15, 0.2) is 0 Å². The average molecular weight is 552 g/mol. The van der Waals surface area contributed by atoms with E-state index < -0.39 is 0 Å². The van der Waals surface area contributed by atoms with Crippen LogP contribution in [0.3, 0.4) is 0 Å². The Hall–Kier alpha value is -2.61. The maximum Gasteiger partial charge on any atom is 0.226 e. The van der Waals surface area contributed by atoms with E-state index in [4.69, 9.17) is 16.3 Å². The number of ether oxygens (including phenoxy) is 1. The summed E-state index contributed by atoms with van der Waals surface area (Å²) in [6, 6.07) is 3.57. The van der Waals surface area contributed by atoms with Gasteiger partial charge < -0.3 is 14.5 Å². The van der Waals surface area contributed by atoms with Crippen LogP contribution in [0.25, 0.3) is 0 Å². The van der Waals surface area contributed by atoms with Crippen LogP contribution in [0.4, 0.5) is 0 Å². The molecule has 0 bridgehead atoms. The van der Waals surface area contributed by atoms with E-state index in [1.165, 1.54) is 0 Å². The number of aromatic nitrogens is 3. The molecule has 2 aliphatic carbocycles. The van der Waals surface area contributed by atoms with Crippen molar-refractivity contribution >= 4 is 23.4 Å². The maximum absolute atomic E-state index is 14.1. The summed E-state index contributed by atoms with van der Waals surface area (Å²) < 4.78 is 8.50. The zero-order valence-electron chi connectivity index (χ0n) is 22.8. The predicted octanol–water partition coefficient (Wildman–Crippen LogP) is 4.72. The molecule has 0 radical (unpaired) electrons. The fraction of sp³-hybridized carbons (Fsp3) is 0.667. The summed E-state index contributed by atoms with van der Waals surface area (Å²) in [4.78, 5) is 31.2. The van der Waals surface area contributed by atoms with Crippen molar-refractivity contribution < 1.29 is 14.3 Å². The first-order chi connectivity index (χ1) is 18.9. The van der Waals surface area contributed by atoms with Gasteiger partial charge in [-0.25, -0.2) is 4.68 Å². The lowest BCUT2D eigenvalue weighted by Gasteiger charge is -2.42. The van der Waals surface area contributed by atoms with Gasteiger partial charge in [0, 0.05) is 49.1 Å². The maximum atomic E-state index is 14.1. The number of benzene rings is 1. The van der Waals surface area contributed by atoms with Crippen molar-refractivity contribution in [1.29, 1.82) is 0 Å². The molecule has 0 N–H and O–H groups in total. The van der Waals surface area contributed by atoms with Gasteiger partial charge in [-0.3, -0.25) is 9.59 Å². The van der Waals surface area contributed by atoms with E-state index in [2.05, 4.69) is 22.1 Å². The highest BCUT2D eigenvalue weighted by Crippen LogP contribution is 2.54. The van der Waals surface area contributed by atoms with Crippen molar-refractivity contribution in [2.45, 2.75) is 90.3 Å². The van der Waals surface area contributed by atoms with Crippen molar-refractivity contribution in [2.75, 3.05) is 19.6 Å². The standard InChI is InChI=1S/C30H38ClN5O3/c1-19-5-4-6-20(19)29(38)35-14-10-21-22(31)8-9-26(39-17-23-24-7-2-3-13-36(24)33-32-23)28(21)25(35)16-34-18-30(11-12-30)15-27(34)37/h8-9,19-20,25H,2-7,10-18H2,1H3/t19-,20+,25+/m0/s1. The van der Waals surface area contributed by atoms with E-state index in [9.17, 15) is 9.59 Å². The molecule has 3 aliphatic heterocycles. The molecule has 4 heterocycles. The summed E-state index contributed by atoms with van der Waals surface area (Å²) in [5.41, 5.74) is 4.22. The van der Waals surface area contributed by atoms with Crippen molar-refractivity contribution in [3.8, 4) is 5.75 Å². The van der Waals surface area contributed by atoms with Crippen LogP contribution in [0.2, 0.25) is 5.02 Å². The molecule has 1 aromatic heterocycles. The van der Waals surface area contributed by atoms with Gasteiger partial charge in [0.25, 0.3) is 0 Å². The molecule has 3 fully saturated rings. The van der Waals surface area contributed by atoms with Crippen LogP contribution in [-0.2, 0) is 35.6 Å². The van der Waals surface area contributed by atoms with Crippen LogP contribution in [0.15, 0.2) is 12.1 Å². The number of aryl methyl sites for hydroxylation is 1. The molecule has 2 saturated carbocycles. The van der Waals surface area contributed by atoms with Crippen LogP contribution in [-0.4, -0.2) is 56.2 Å². The van der Waals surface area contributed by atoms with Crippen LogP contribution in [0, 0.1) is 17.3 Å². The van der Waals surface area contributed by atoms with E-state index in [-0.39, 0.29) is 29.2 Å². The topological polar surface area (TPSA) is 80.6 Å². The second-order valence-electron chi connectivity index (χ2n) is 12.7. The zero-order valence-corrected chi connectivity index (χ0v) is 23.6. The molecule has 5 aliphatic rings. The second-order valence-corrected chi connectivity index (χ2v) is 13.1. The Morgan fingerprint density at radius 1 is 1.15 bits per heavy atom. The summed E-state index contributed by atoms with van der Waals surface area (Å²) >= 11 is 6.79. The number of amides is 2. The Kier molecular flexibility index (Phi) is 6.37. The molecular formula is C30H38ClN5O3. The smallest absolute Gasteiger partial charge is 0.226 e. The van der Waals surface area contributed by atoms with Gasteiger partial charge in [-0.15, -0.1) is 5.10 Å². The fourth-order valence-electron chi connectivity index (χ4n) is 7.59. The minimum atomic E-state index is -0.269. The van der Waals surface area contributed by atoms with Gasteiger partial charge >= 0.3 is 0 Å². The lowest BCUT2D eigenvalue weighted by atomic mass is 9.88. The normalized spacial score (nSPS) is 27.1. The minimum Gasteiger partial charge on any atom is -0.487 e. The Balaban J connectivity index is 1.23. The van der Waals surface area contributed by atoms with Crippen LogP contribution in [0.5, 0.6) is 5.75 Å². The first-order valence-electron chi connectivity index (χ1n) is 14.9. The highest BCUT2D eigenvalue weighted by molar-refractivity contribution is 6.31. The number of halogens is 1. The molecule has 1 saturated heterocycles. The highest BCUT2D eigenvalue weighted by Gasteiger charge is 2.52. The van der Waals surface area contributed by atoms with E-state index in [0.717, 1.165) is 92.7 Å². The van der Waals surface area contributed by atoms with Crippen molar-refractivity contribution in [1.82, 2.24) is 24.8 Å². The molecule has 3 atom stereocenters. The number of likely N-dealkylation sites (tertiary alicyclic amines) is 1. The van der Waals surface area contributed by atoms with Gasteiger partial charge in [-0.2, -0.15) is 0 Å². The van der Waals surface area contributed by atoms with E-state index in [0.29, 0.717) is 43.5 Å². The molecule has 2 amide bonds. The molecule has 39 heavy (non-hydrogen) atoms. The fourth-order valence-corrected chi connectivity index (χ4v) is 7.85. The summed E-state index contributed by atoms with van der Waals surface area (Å²) in [6.07, 6.45) is 9.96. The third-order valence-electron chi connectivity index (χ3n) is 10.1. The van der Waals surface area contributed by atoms with Crippen molar-refractivity contribution in [2.24, 2.45) is 17.3 Å². The van der Waals surface area contributed by atoms with Crippen LogP contribution in [0.1, 0.15) is 86.8 Å². The number of carbonyl (C=O) groups excluding carboxylic acids is 2. The Morgan fingerprint density at radius 2 is 2.03 bits per heavy atom. The van der Waals surface area contributed by atoms with Gasteiger partial charge in [0.2, 0.25) is 11.8 Å². The van der Waals surface area contributed by atoms with Gasteiger partial charge in [-0.05, 0) is 80.4 Å². The largest absolute Gasteiger partial charge is 0.487 e. The quantitative estimate of drug-likeness (QED) is 0.519. The van der Waals surface area contributed by atoms with E-state index >= 15 is 0 Å². The Bertz CT molecular complexity index is 1300. The molecule has 8 nitrogen and oxygen atoms in total. The number of fused-ring (bicyclic) bond motifs is 2. The average Bonchev–Trinajstić information content (AvgIpc) is 3.22. The number of carbonyl (C=O) groups is 2. The molecule has 1 aromatic carbocycles.